The molecule has 4 rings (SSSR count). The Balaban J connectivity index is 1.51. The van der Waals surface area contributed by atoms with Crippen LogP contribution in [-0.4, -0.2) is 50.8 Å². The number of ether oxygens (including phenoxy) is 1. The van der Waals surface area contributed by atoms with Crippen LogP contribution in [0.2, 0.25) is 0 Å². The van der Waals surface area contributed by atoms with Crippen LogP contribution in [0.1, 0.15) is 37.0 Å². The van der Waals surface area contributed by atoms with Crippen molar-refractivity contribution >= 4 is 55.4 Å². The SMILES string of the molecule is CC(C)C[C@@H](C(=O)OCC(=O)c1ccccc1)N1C(=O)[C@@H]2[C@@H]3C[C@H]([C@H](Br)[C@@H]3Br)[C@@H]2C1=O. The van der Waals surface area contributed by atoms with Crippen LogP contribution >= 0.6 is 31.9 Å². The number of esters is 1. The number of carbonyl (C=O) groups is 4. The number of halogens is 2. The van der Waals surface area contributed by atoms with Crippen LogP contribution < -0.4 is 0 Å². The summed E-state index contributed by atoms with van der Waals surface area (Å²) in [5.74, 6) is -2.12. The highest BCUT2D eigenvalue weighted by Gasteiger charge is 2.67. The number of imide groups is 1. The molecule has 8 heteroatoms. The molecule has 0 aromatic heterocycles. The number of rotatable bonds is 7. The summed E-state index contributed by atoms with van der Waals surface area (Å²) in [7, 11) is 0. The average molecular weight is 555 g/mol. The highest BCUT2D eigenvalue weighted by atomic mass is 79.9. The van der Waals surface area contributed by atoms with Gasteiger partial charge in [-0.1, -0.05) is 76.0 Å². The van der Waals surface area contributed by atoms with Crippen LogP contribution in [0.5, 0.6) is 0 Å². The van der Waals surface area contributed by atoms with Gasteiger partial charge in [-0.2, -0.15) is 0 Å². The predicted octanol–water partition coefficient (Wildman–Crippen LogP) is 3.61. The lowest BCUT2D eigenvalue weighted by Gasteiger charge is -2.28. The van der Waals surface area contributed by atoms with Crippen molar-refractivity contribution in [1.82, 2.24) is 4.90 Å². The number of nitrogens with zero attached hydrogens (tertiary/aromatic N) is 1. The quantitative estimate of drug-likeness (QED) is 0.223. The van der Waals surface area contributed by atoms with E-state index in [9.17, 15) is 19.2 Å². The molecule has 3 aliphatic rings. The number of alkyl halides is 2. The van der Waals surface area contributed by atoms with Crippen LogP contribution in [-0.2, 0) is 19.1 Å². The highest BCUT2D eigenvalue weighted by Crippen LogP contribution is 2.60. The third-order valence-corrected chi connectivity index (χ3v) is 9.95. The minimum atomic E-state index is -1.00. The lowest BCUT2D eigenvalue weighted by atomic mass is 9.81. The summed E-state index contributed by atoms with van der Waals surface area (Å²) in [6, 6.07) is 7.57. The number of Topliss-reactive ketones (excluding diaryl/α,β-unsaturated/α-hetero) is 1. The number of carbonyl (C=O) groups excluding carboxylic acids is 4. The van der Waals surface area contributed by atoms with Crippen molar-refractivity contribution in [3.05, 3.63) is 35.9 Å². The molecule has 2 amide bonds. The third-order valence-electron chi connectivity index (χ3n) is 6.74. The van der Waals surface area contributed by atoms with Gasteiger partial charge in [-0.05, 0) is 30.6 Å². The molecule has 0 N–H and O–H groups in total. The zero-order valence-corrected chi connectivity index (χ0v) is 20.5. The Kier molecular flexibility index (Phi) is 6.41. The molecule has 2 saturated carbocycles. The summed E-state index contributed by atoms with van der Waals surface area (Å²) >= 11 is 7.35. The minimum absolute atomic E-state index is 0.0629. The molecule has 3 fully saturated rings. The first kappa shape index (κ1) is 22.6. The number of benzene rings is 1. The van der Waals surface area contributed by atoms with Crippen molar-refractivity contribution in [1.29, 1.82) is 0 Å². The summed E-state index contributed by atoms with van der Waals surface area (Å²) in [6.07, 6.45) is 1.14. The van der Waals surface area contributed by atoms with Gasteiger partial charge in [0.1, 0.15) is 6.04 Å². The van der Waals surface area contributed by atoms with Gasteiger partial charge in [0.15, 0.2) is 12.4 Å². The number of ketones is 1. The fourth-order valence-corrected chi connectivity index (χ4v) is 7.25. The van der Waals surface area contributed by atoms with Crippen molar-refractivity contribution in [3.63, 3.8) is 0 Å². The first-order valence-corrected chi connectivity index (χ1v) is 12.5. The maximum absolute atomic E-state index is 13.3. The predicted molar refractivity (Wildman–Crippen MR) is 121 cm³/mol. The molecular weight excluding hydrogens is 530 g/mol. The fraction of sp³-hybridized carbons (Fsp3) is 0.565. The molecule has 7 atom stereocenters. The van der Waals surface area contributed by atoms with Crippen LogP contribution in [0.3, 0.4) is 0 Å². The van der Waals surface area contributed by atoms with E-state index in [1.807, 2.05) is 13.8 Å². The van der Waals surface area contributed by atoms with Gasteiger partial charge in [0.25, 0.3) is 0 Å². The second-order valence-corrected chi connectivity index (χ2v) is 11.2. The van der Waals surface area contributed by atoms with Gasteiger partial charge in [0, 0.05) is 15.2 Å². The zero-order chi connectivity index (χ0) is 22.4. The molecule has 31 heavy (non-hydrogen) atoms. The lowest BCUT2D eigenvalue weighted by Crippen LogP contribution is -2.48. The van der Waals surface area contributed by atoms with Crippen molar-refractivity contribution in [3.8, 4) is 0 Å². The number of hydrogen-bond acceptors (Lipinski definition) is 5. The Morgan fingerprint density at radius 1 is 1.03 bits per heavy atom. The molecule has 1 aromatic rings. The van der Waals surface area contributed by atoms with Gasteiger partial charge in [-0.15, -0.1) is 0 Å². The Morgan fingerprint density at radius 2 is 1.58 bits per heavy atom. The lowest BCUT2D eigenvalue weighted by molar-refractivity contribution is -0.159. The Bertz CT molecular complexity index is 872. The number of likely N-dealkylation sites (tertiary alicyclic amines) is 1. The summed E-state index contributed by atoms with van der Waals surface area (Å²) in [5.41, 5.74) is 0.446. The Labute approximate surface area is 198 Å². The van der Waals surface area contributed by atoms with E-state index in [0.717, 1.165) is 11.3 Å². The van der Waals surface area contributed by atoms with Crippen molar-refractivity contribution in [2.75, 3.05) is 6.61 Å². The standard InChI is InChI=1S/C23H25Br2NO5/c1-11(2)8-15(23(30)31-10-16(27)12-6-4-3-5-7-12)26-21(28)17-13-9-14(18(17)22(26)29)20(25)19(13)24/h3-7,11,13-15,17-20H,8-10H2,1-2H3/t13-,14-,15-,17-,18+,19-,20+/m0/s1. The van der Waals surface area contributed by atoms with Gasteiger partial charge in [0.2, 0.25) is 11.8 Å². The van der Waals surface area contributed by atoms with E-state index in [4.69, 9.17) is 4.74 Å². The van der Waals surface area contributed by atoms with Crippen LogP contribution in [0.15, 0.2) is 30.3 Å². The first-order chi connectivity index (χ1) is 14.7. The number of hydrogen-bond donors (Lipinski definition) is 0. The summed E-state index contributed by atoms with van der Waals surface area (Å²) in [5, 5.41) is 0. The monoisotopic (exact) mass is 553 g/mol. The largest absolute Gasteiger partial charge is 0.456 e. The van der Waals surface area contributed by atoms with E-state index >= 15 is 0 Å². The van der Waals surface area contributed by atoms with E-state index < -0.39 is 18.6 Å². The third kappa shape index (κ3) is 3.90. The Hall–Kier alpha value is -1.54. The van der Waals surface area contributed by atoms with Gasteiger partial charge in [-0.25, -0.2) is 4.79 Å². The molecule has 6 nitrogen and oxygen atoms in total. The highest BCUT2D eigenvalue weighted by molar-refractivity contribution is 9.12. The maximum atomic E-state index is 13.3. The molecule has 166 valence electrons. The molecule has 1 aliphatic heterocycles. The molecule has 1 heterocycles. The Morgan fingerprint density at radius 3 is 2.10 bits per heavy atom. The van der Waals surface area contributed by atoms with Crippen molar-refractivity contribution in [2.24, 2.45) is 29.6 Å². The average Bonchev–Trinajstić information content (AvgIpc) is 3.35. The maximum Gasteiger partial charge on any atom is 0.329 e. The first-order valence-electron chi connectivity index (χ1n) is 10.6. The molecule has 1 saturated heterocycles. The van der Waals surface area contributed by atoms with Crippen molar-refractivity contribution < 1.29 is 23.9 Å². The smallest absolute Gasteiger partial charge is 0.329 e. The zero-order valence-electron chi connectivity index (χ0n) is 17.4. The van der Waals surface area contributed by atoms with E-state index in [0.29, 0.717) is 12.0 Å². The number of amides is 2. The van der Waals surface area contributed by atoms with E-state index in [1.165, 1.54) is 0 Å². The van der Waals surface area contributed by atoms with Gasteiger partial charge in [-0.3, -0.25) is 19.3 Å². The molecule has 0 unspecified atom stereocenters. The van der Waals surface area contributed by atoms with Gasteiger partial charge < -0.3 is 4.74 Å². The minimum Gasteiger partial charge on any atom is -0.456 e. The molecule has 1 aromatic carbocycles. The molecule has 2 bridgehead atoms. The topological polar surface area (TPSA) is 80.8 Å². The molecule has 2 aliphatic carbocycles. The van der Waals surface area contributed by atoms with E-state index in [1.54, 1.807) is 30.3 Å². The van der Waals surface area contributed by atoms with E-state index in [2.05, 4.69) is 31.9 Å². The molecular formula is C23H25Br2NO5. The van der Waals surface area contributed by atoms with E-state index in [-0.39, 0.29) is 56.8 Å². The van der Waals surface area contributed by atoms with Crippen LogP contribution in [0.4, 0.5) is 0 Å². The summed E-state index contributed by atoms with van der Waals surface area (Å²) in [6.45, 7) is 3.43. The van der Waals surface area contributed by atoms with Crippen molar-refractivity contribution in [2.45, 2.75) is 42.4 Å². The summed E-state index contributed by atoms with van der Waals surface area (Å²) in [4.78, 5) is 53.4. The normalized spacial score (nSPS) is 32.5. The summed E-state index contributed by atoms with van der Waals surface area (Å²) < 4.78 is 5.31. The second kappa shape index (κ2) is 8.77. The second-order valence-electron chi connectivity index (χ2n) is 9.09. The van der Waals surface area contributed by atoms with Gasteiger partial charge in [0.05, 0.1) is 11.8 Å². The van der Waals surface area contributed by atoms with Gasteiger partial charge >= 0.3 is 5.97 Å². The molecule has 0 radical (unpaired) electrons. The van der Waals surface area contributed by atoms with Crippen LogP contribution in [0, 0.1) is 29.6 Å². The van der Waals surface area contributed by atoms with Crippen LogP contribution in [0.25, 0.3) is 0 Å². The number of fused-ring (bicyclic) bond motifs is 5. The molecule has 0 spiro atoms. The fourth-order valence-electron chi connectivity index (χ4n) is 5.37.